The average Bonchev–Trinajstić information content (AvgIpc) is 2.37. The molecular weight excluding hydrogens is 242 g/mol. The molecule has 0 spiro atoms. The minimum Gasteiger partial charge on any atom is -0.394 e. The van der Waals surface area contributed by atoms with Gasteiger partial charge in [0.05, 0.1) is 19.8 Å². The van der Waals surface area contributed by atoms with Gasteiger partial charge in [-0.25, -0.2) is 0 Å². The summed E-state index contributed by atoms with van der Waals surface area (Å²) < 4.78 is 5.17. The van der Waals surface area contributed by atoms with Gasteiger partial charge in [-0.15, -0.1) is 0 Å². The summed E-state index contributed by atoms with van der Waals surface area (Å²) >= 11 is 0. The maximum Gasteiger partial charge on any atom is 0.223 e. The minimum absolute atomic E-state index is 0.0451. The third-order valence-electron chi connectivity index (χ3n) is 5.31. The Morgan fingerprint density at radius 1 is 1.05 bits per heavy atom. The second-order valence-corrected chi connectivity index (χ2v) is 6.58. The van der Waals surface area contributed by atoms with Gasteiger partial charge < -0.3 is 15.2 Å². The molecule has 4 heteroatoms. The zero-order valence-electron chi connectivity index (χ0n) is 11.5. The Kier molecular flexibility index (Phi) is 4.08. The van der Waals surface area contributed by atoms with E-state index in [1.807, 2.05) is 0 Å². The normalized spacial score (nSPS) is 39.5. The van der Waals surface area contributed by atoms with E-state index in [-0.39, 0.29) is 18.4 Å². The lowest BCUT2D eigenvalue weighted by atomic mass is 9.51. The van der Waals surface area contributed by atoms with E-state index in [9.17, 15) is 4.79 Å². The predicted octanol–water partition coefficient (Wildman–Crippen LogP) is 1.18. The van der Waals surface area contributed by atoms with Gasteiger partial charge in [0.2, 0.25) is 5.91 Å². The van der Waals surface area contributed by atoms with Crippen LogP contribution in [-0.4, -0.2) is 37.4 Å². The smallest absolute Gasteiger partial charge is 0.223 e. The van der Waals surface area contributed by atoms with Crippen LogP contribution in [0.2, 0.25) is 0 Å². The molecule has 4 bridgehead atoms. The summed E-state index contributed by atoms with van der Waals surface area (Å²) in [5, 5.41) is 11.6. The third kappa shape index (κ3) is 2.79. The van der Waals surface area contributed by atoms with Crippen LogP contribution in [0.3, 0.4) is 0 Å². The molecular formula is C15H25NO3. The van der Waals surface area contributed by atoms with Gasteiger partial charge in [-0.1, -0.05) is 0 Å². The predicted molar refractivity (Wildman–Crippen MR) is 71.4 cm³/mol. The van der Waals surface area contributed by atoms with Crippen molar-refractivity contribution in [3.8, 4) is 0 Å². The molecule has 0 aliphatic heterocycles. The summed E-state index contributed by atoms with van der Waals surface area (Å²) in [7, 11) is 0. The molecule has 0 aromatic heterocycles. The number of ether oxygens (including phenoxy) is 1. The fourth-order valence-corrected chi connectivity index (χ4v) is 4.88. The van der Waals surface area contributed by atoms with Crippen LogP contribution in [-0.2, 0) is 9.53 Å². The van der Waals surface area contributed by atoms with Crippen molar-refractivity contribution in [2.24, 2.45) is 29.6 Å². The SMILES string of the molecule is O=C(NCCOCCO)C1C2CC3CC(C2)CC1C3. The molecule has 0 atom stereocenters. The third-order valence-corrected chi connectivity index (χ3v) is 5.31. The lowest BCUT2D eigenvalue weighted by molar-refractivity contribution is -0.138. The van der Waals surface area contributed by atoms with Crippen LogP contribution >= 0.6 is 0 Å². The number of rotatable bonds is 6. The van der Waals surface area contributed by atoms with Crippen molar-refractivity contribution in [3.05, 3.63) is 0 Å². The Morgan fingerprint density at radius 3 is 2.26 bits per heavy atom. The van der Waals surface area contributed by atoms with Crippen molar-refractivity contribution in [1.29, 1.82) is 0 Å². The number of hydrogen-bond donors (Lipinski definition) is 2. The Balaban J connectivity index is 1.47. The van der Waals surface area contributed by atoms with E-state index in [1.165, 1.54) is 32.1 Å². The zero-order valence-corrected chi connectivity index (χ0v) is 11.5. The van der Waals surface area contributed by atoms with Crippen LogP contribution in [0, 0.1) is 29.6 Å². The molecule has 19 heavy (non-hydrogen) atoms. The molecule has 108 valence electrons. The van der Waals surface area contributed by atoms with Gasteiger partial charge >= 0.3 is 0 Å². The molecule has 0 unspecified atom stereocenters. The number of hydrogen-bond acceptors (Lipinski definition) is 3. The number of amides is 1. The van der Waals surface area contributed by atoms with Crippen LogP contribution in [0.15, 0.2) is 0 Å². The summed E-state index contributed by atoms with van der Waals surface area (Å²) in [5.41, 5.74) is 0. The maximum atomic E-state index is 12.3. The first kappa shape index (κ1) is 13.4. The summed E-state index contributed by atoms with van der Waals surface area (Å²) in [6.45, 7) is 1.47. The molecule has 0 aromatic rings. The molecule has 4 saturated carbocycles. The van der Waals surface area contributed by atoms with Crippen LogP contribution in [0.25, 0.3) is 0 Å². The second-order valence-electron chi connectivity index (χ2n) is 6.58. The number of carbonyl (C=O) groups is 1. The monoisotopic (exact) mass is 267 g/mol. The lowest BCUT2D eigenvalue weighted by Crippen LogP contribution is -2.51. The number of aliphatic hydroxyl groups excluding tert-OH is 1. The summed E-state index contributed by atoms with van der Waals surface area (Å²) in [5.74, 6) is 3.65. The van der Waals surface area contributed by atoms with E-state index in [0.717, 1.165) is 11.8 Å². The van der Waals surface area contributed by atoms with Crippen LogP contribution in [0.5, 0.6) is 0 Å². The topological polar surface area (TPSA) is 58.6 Å². The molecule has 4 fully saturated rings. The van der Waals surface area contributed by atoms with Gasteiger partial charge in [0.1, 0.15) is 0 Å². The van der Waals surface area contributed by atoms with Crippen LogP contribution in [0.1, 0.15) is 32.1 Å². The van der Waals surface area contributed by atoms with Gasteiger partial charge in [0, 0.05) is 12.5 Å². The van der Waals surface area contributed by atoms with Crippen molar-refractivity contribution < 1.29 is 14.6 Å². The van der Waals surface area contributed by atoms with E-state index in [0.29, 0.717) is 31.6 Å². The molecule has 0 heterocycles. The van der Waals surface area contributed by atoms with Gasteiger partial charge in [0.15, 0.2) is 0 Å². The average molecular weight is 267 g/mol. The van der Waals surface area contributed by atoms with E-state index < -0.39 is 0 Å². The highest BCUT2D eigenvalue weighted by molar-refractivity contribution is 5.79. The molecule has 0 radical (unpaired) electrons. The summed E-state index contributed by atoms with van der Waals surface area (Å²) in [6, 6.07) is 0. The van der Waals surface area contributed by atoms with Crippen molar-refractivity contribution in [3.63, 3.8) is 0 Å². The highest BCUT2D eigenvalue weighted by atomic mass is 16.5. The van der Waals surface area contributed by atoms with Gasteiger partial charge in [-0.3, -0.25) is 4.79 Å². The Labute approximate surface area is 114 Å². The molecule has 0 saturated heterocycles. The van der Waals surface area contributed by atoms with Crippen molar-refractivity contribution in [1.82, 2.24) is 5.32 Å². The number of nitrogens with one attached hydrogen (secondary N) is 1. The van der Waals surface area contributed by atoms with Crippen molar-refractivity contribution >= 4 is 5.91 Å². The highest BCUT2D eigenvalue weighted by Crippen LogP contribution is 2.56. The first-order valence-electron chi connectivity index (χ1n) is 7.74. The molecule has 4 aliphatic carbocycles. The van der Waals surface area contributed by atoms with E-state index >= 15 is 0 Å². The first-order chi connectivity index (χ1) is 9.28. The Bertz CT molecular complexity index is 303. The fourth-order valence-electron chi connectivity index (χ4n) is 4.88. The van der Waals surface area contributed by atoms with Gasteiger partial charge in [0.25, 0.3) is 0 Å². The molecule has 4 rings (SSSR count). The van der Waals surface area contributed by atoms with E-state index in [4.69, 9.17) is 9.84 Å². The van der Waals surface area contributed by atoms with Crippen LogP contribution in [0.4, 0.5) is 0 Å². The maximum absolute atomic E-state index is 12.3. The standard InChI is InChI=1S/C15H25NO3/c17-2-4-19-3-1-16-15(18)14-12-6-10-5-11(8-12)9-13(14)7-10/h10-14,17H,1-9H2,(H,16,18). The van der Waals surface area contributed by atoms with Gasteiger partial charge in [-0.2, -0.15) is 0 Å². The first-order valence-corrected chi connectivity index (χ1v) is 7.74. The van der Waals surface area contributed by atoms with Crippen molar-refractivity contribution in [2.75, 3.05) is 26.4 Å². The minimum atomic E-state index is 0.0451. The number of aliphatic hydroxyl groups is 1. The molecule has 2 N–H and O–H groups in total. The van der Waals surface area contributed by atoms with Crippen LogP contribution < -0.4 is 5.32 Å². The van der Waals surface area contributed by atoms with E-state index in [2.05, 4.69) is 5.32 Å². The summed E-state index contributed by atoms with van der Waals surface area (Å²) in [6.07, 6.45) is 6.56. The molecule has 1 amide bonds. The Morgan fingerprint density at radius 2 is 1.68 bits per heavy atom. The molecule has 0 aromatic carbocycles. The Hall–Kier alpha value is -0.610. The fraction of sp³-hybridized carbons (Fsp3) is 0.933. The highest BCUT2D eigenvalue weighted by Gasteiger charge is 2.50. The number of carbonyl (C=O) groups excluding carboxylic acids is 1. The molecule has 4 aliphatic rings. The zero-order chi connectivity index (χ0) is 13.2. The second kappa shape index (κ2) is 5.80. The van der Waals surface area contributed by atoms with E-state index in [1.54, 1.807) is 0 Å². The van der Waals surface area contributed by atoms with Crippen molar-refractivity contribution in [2.45, 2.75) is 32.1 Å². The lowest BCUT2D eigenvalue weighted by Gasteiger charge is -2.53. The largest absolute Gasteiger partial charge is 0.394 e. The summed E-state index contributed by atoms with van der Waals surface area (Å²) in [4.78, 5) is 12.3. The molecule has 4 nitrogen and oxygen atoms in total. The quantitative estimate of drug-likeness (QED) is 0.711. The van der Waals surface area contributed by atoms with Gasteiger partial charge in [-0.05, 0) is 55.8 Å².